The van der Waals surface area contributed by atoms with E-state index in [4.69, 9.17) is 4.55 Å². The zero-order chi connectivity index (χ0) is 15.1. The van der Waals surface area contributed by atoms with Gasteiger partial charge in [-0.3, -0.25) is 4.79 Å². The fraction of sp³-hybridized carbons (Fsp3) is 0.385. The van der Waals surface area contributed by atoms with Crippen molar-refractivity contribution < 1.29 is 13.6 Å². The molecule has 0 fully saturated rings. The number of thiazole rings is 1. The molecule has 0 radical (unpaired) electrons. The van der Waals surface area contributed by atoms with Crippen LogP contribution in [-0.2, 0) is 11.1 Å². The van der Waals surface area contributed by atoms with Crippen molar-refractivity contribution in [3.63, 3.8) is 0 Å². The van der Waals surface area contributed by atoms with Crippen LogP contribution in [0.4, 0.5) is 0 Å². The molecule has 1 unspecified atom stereocenters. The average molecular weight is 314 g/mol. The molecule has 1 amide bonds. The van der Waals surface area contributed by atoms with Gasteiger partial charge in [-0.25, -0.2) is 9.19 Å². The van der Waals surface area contributed by atoms with Gasteiger partial charge in [-0.1, -0.05) is 13.8 Å². The van der Waals surface area contributed by atoms with Crippen molar-refractivity contribution in [3.05, 3.63) is 28.8 Å². The van der Waals surface area contributed by atoms with Crippen molar-refractivity contribution in [3.8, 4) is 0 Å². The first kappa shape index (κ1) is 16.7. The summed E-state index contributed by atoms with van der Waals surface area (Å²) >= 11 is -0.347. The van der Waals surface area contributed by atoms with Crippen molar-refractivity contribution in [2.45, 2.75) is 20.8 Å². The Morgan fingerprint density at radius 2 is 2.15 bits per heavy atom. The van der Waals surface area contributed by atoms with E-state index in [-0.39, 0.29) is 18.2 Å². The summed E-state index contributed by atoms with van der Waals surface area (Å²) in [5.74, 6) is -0.207. The number of rotatable bonds is 4. The summed E-state index contributed by atoms with van der Waals surface area (Å²) in [6.07, 6.45) is 0. The second-order valence-electron chi connectivity index (χ2n) is 3.70. The van der Waals surface area contributed by atoms with Crippen LogP contribution in [0.5, 0.6) is 0 Å². The third kappa shape index (κ3) is 4.66. The molecule has 0 aliphatic rings. The summed E-state index contributed by atoms with van der Waals surface area (Å²) in [7, 11) is 0. The number of carbonyl (C=O) groups excluding carboxylic acids is 1. The van der Waals surface area contributed by atoms with Crippen LogP contribution in [0.1, 0.15) is 29.2 Å². The molecular weight excluding hydrogens is 296 g/mol. The van der Waals surface area contributed by atoms with Gasteiger partial charge >= 0.3 is 0 Å². The third-order valence-electron chi connectivity index (χ3n) is 2.32. The maximum atomic E-state index is 11.8. The Labute approximate surface area is 124 Å². The van der Waals surface area contributed by atoms with Gasteiger partial charge in [-0.05, 0) is 25.1 Å². The van der Waals surface area contributed by atoms with Crippen molar-refractivity contribution in [2.24, 2.45) is 0 Å². The first-order valence-corrected chi connectivity index (χ1v) is 8.38. The first-order valence-electron chi connectivity index (χ1n) is 6.29. The van der Waals surface area contributed by atoms with Crippen molar-refractivity contribution in [1.29, 1.82) is 0 Å². The molecule has 0 saturated carbocycles. The number of fused-ring (bicyclic) bond motifs is 1. The molecule has 0 aliphatic carbocycles. The second kappa shape index (κ2) is 8.08. The van der Waals surface area contributed by atoms with Crippen LogP contribution in [0.3, 0.4) is 0 Å². The van der Waals surface area contributed by atoms with E-state index in [2.05, 4.69) is 10.3 Å². The number of hydrogen-bond donors (Lipinski definition) is 2. The van der Waals surface area contributed by atoms with E-state index in [9.17, 15) is 9.00 Å². The van der Waals surface area contributed by atoms with E-state index in [1.54, 1.807) is 18.2 Å². The summed E-state index contributed by atoms with van der Waals surface area (Å²) in [5.41, 5.74) is 1.42. The lowest BCUT2D eigenvalue weighted by Gasteiger charge is -2.03. The summed E-state index contributed by atoms with van der Waals surface area (Å²) < 4.78 is 20.0. The summed E-state index contributed by atoms with van der Waals surface area (Å²) in [4.78, 5) is 16.1. The van der Waals surface area contributed by atoms with E-state index >= 15 is 0 Å². The molecular formula is C13H18N2O3S2. The standard InChI is InChI=1S/C11H12N2O3S2.C2H6/c1-7-13-9-3-2-8(6-10(9)17-7)11(14)12-4-5-18(15)16;1-2/h2-3,6H,4-5H2,1H3,(H,12,14)(H,15,16);1-2H3. The minimum Gasteiger partial charge on any atom is -0.351 e. The molecule has 5 nitrogen and oxygen atoms in total. The van der Waals surface area contributed by atoms with Gasteiger partial charge in [0.1, 0.15) is 0 Å². The molecule has 7 heteroatoms. The Morgan fingerprint density at radius 1 is 1.45 bits per heavy atom. The number of nitrogens with one attached hydrogen (secondary N) is 1. The highest BCUT2D eigenvalue weighted by Gasteiger charge is 2.08. The molecule has 1 atom stereocenters. The maximum absolute atomic E-state index is 11.8. The van der Waals surface area contributed by atoms with Crippen molar-refractivity contribution >= 4 is 38.5 Å². The van der Waals surface area contributed by atoms with Gasteiger partial charge in [0.15, 0.2) is 11.1 Å². The van der Waals surface area contributed by atoms with Gasteiger partial charge in [0.2, 0.25) is 0 Å². The van der Waals surface area contributed by atoms with Crippen LogP contribution < -0.4 is 5.32 Å². The third-order valence-corrected chi connectivity index (χ3v) is 3.81. The van der Waals surface area contributed by atoms with E-state index in [1.165, 1.54) is 11.3 Å². The molecule has 1 aromatic heterocycles. The minimum atomic E-state index is -1.88. The number of benzene rings is 1. The number of aryl methyl sites for hydroxylation is 1. The lowest BCUT2D eigenvalue weighted by molar-refractivity contribution is 0.0956. The number of carbonyl (C=O) groups is 1. The topological polar surface area (TPSA) is 79.3 Å². The van der Waals surface area contributed by atoms with Gasteiger partial charge < -0.3 is 9.87 Å². The maximum Gasteiger partial charge on any atom is 0.251 e. The fourth-order valence-corrected chi connectivity index (χ4v) is 2.68. The molecule has 1 heterocycles. The summed E-state index contributed by atoms with van der Waals surface area (Å²) in [6.45, 7) is 6.10. The normalized spacial score (nSPS) is 11.6. The Balaban J connectivity index is 0.000000956. The minimum absolute atomic E-state index is 0.0354. The molecule has 110 valence electrons. The average Bonchev–Trinajstić information content (AvgIpc) is 2.79. The first-order chi connectivity index (χ1) is 9.56. The smallest absolute Gasteiger partial charge is 0.251 e. The molecule has 2 aromatic rings. The Bertz CT molecular complexity index is 611. The van der Waals surface area contributed by atoms with Crippen LogP contribution in [0, 0.1) is 6.92 Å². The Morgan fingerprint density at radius 3 is 2.80 bits per heavy atom. The number of nitrogens with zero attached hydrogens (tertiary/aromatic N) is 1. The van der Waals surface area contributed by atoms with Crippen LogP contribution in [0.15, 0.2) is 18.2 Å². The zero-order valence-corrected chi connectivity index (χ0v) is 13.3. The molecule has 0 bridgehead atoms. The van der Waals surface area contributed by atoms with Crippen LogP contribution in [0.25, 0.3) is 10.2 Å². The quantitative estimate of drug-likeness (QED) is 0.850. The van der Waals surface area contributed by atoms with Gasteiger partial charge in [-0.2, -0.15) is 0 Å². The largest absolute Gasteiger partial charge is 0.351 e. The highest BCUT2D eigenvalue weighted by Crippen LogP contribution is 2.22. The predicted octanol–water partition coefficient (Wildman–Crippen LogP) is 2.58. The zero-order valence-electron chi connectivity index (χ0n) is 11.7. The van der Waals surface area contributed by atoms with Crippen molar-refractivity contribution in [2.75, 3.05) is 12.3 Å². The summed E-state index contributed by atoms with van der Waals surface area (Å²) in [6, 6.07) is 5.29. The van der Waals surface area contributed by atoms with Gasteiger partial charge in [-0.15, -0.1) is 11.3 Å². The Kier molecular flexibility index (Phi) is 6.77. The predicted molar refractivity (Wildman–Crippen MR) is 83.7 cm³/mol. The van der Waals surface area contributed by atoms with E-state index in [0.717, 1.165) is 15.2 Å². The van der Waals surface area contributed by atoms with Gasteiger partial charge in [0.05, 0.1) is 21.0 Å². The molecule has 0 saturated heterocycles. The fourth-order valence-electron chi connectivity index (χ4n) is 1.53. The molecule has 2 N–H and O–H groups in total. The number of amides is 1. The monoisotopic (exact) mass is 314 g/mol. The SMILES string of the molecule is CC.Cc1nc2ccc(C(=O)NCCS(=O)O)cc2s1. The van der Waals surface area contributed by atoms with Crippen LogP contribution in [0.2, 0.25) is 0 Å². The van der Waals surface area contributed by atoms with E-state index in [1.807, 2.05) is 20.8 Å². The lowest BCUT2D eigenvalue weighted by Crippen LogP contribution is -2.27. The number of hydrogen-bond acceptors (Lipinski definition) is 4. The molecule has 1 aromatic carbocycles. The van der Waals surface area contributed by atoms with E-state index < -0.39 is 11.1 Å². The second-order valence-corrected chi connectivity index (χ2v) is 5.98. The van der Waals surface area contributed by atoms with E-state index in [0.29, 0.717) is 5.56 Å². The lowest BCUT2D eigenvalue weighted by atomic mass is 10.2. The number of aromatic nitrogens is 1. The van der Waals surface area contributed by atoms with Gasteiger partial charge in [0, 0.05) is 12.1 Å². The Hall–Kier alpha value is -1.31. The van der Waals surface area contributed by atoms with Crippen LogP contribution >= 0.6 is 11.3 Å². The molecule has 0 aliphatic heterocycles. The molecule has 20 heavy (non-hydrogen) atoms. The molecule has 0 spiro atoms. The van der Waals surface area contributed by atoms with Gasteiger partial charge in [0.25, 0.3) is 5.91 Å². The highest BCUT2D eigenvalue weighted by atomic mass is 32.2. The molecule has 2 rings (SSSR count). The van der Waals surface area contributed by atoms with Crippen LogP contribution in [-0.4, -0.2) is 32.0 Å². The van der Waals surface area contributed by atoms with Crippen molar-refractivity contribution in [1.82, 2.24) is 10.3 Å². The highest BCUT2D eigenvalue weighted by molar-refractivity contribution is 7.79. The summed E-state index contributed by atoms with van der Waals surface area (Å²) in [5, 5.41) is 3.55.